The second-order valence-electron chi connectivity index (χ2n) is 18.5. The number of hydrogen-bond donors (Lipinski definition) is 0. The lowest BCUT2D eigenvalue weighted by atomic mass is 9.77. The van der Waals surface area contributed by atoms with Gasteiger partial charge in [-0.1, -0.05) is 167 Å². The van der Waals surface area contributed by atoms with Crippen molar-refractivity contribution < 1.29 is 4.42 Å². The van der Waals surface area contributed by atoms with Gasteiger partial charge in [0.2, 0.25) is 0 Å². The highest BCUT2D eigenvalue weighted by Gasteiger charge is 2.39. The van der Waals surface area contributed by atoms with E-state index in [1.807, 2.05) is 0 Å². The average molecular weight is 793 g/mol. The molecule has 0 bridgehead atoms. The molecule has 0 amide bonds. The molecular formula is C61H44O. The Labute approximate surface area is 361 Å². The zero-order valence-electron chi connectivity index (χ0n) is 35.4. The summed E-state index contributed by atoms with van der Waals surface area (Å²) < 4.78 is 6.57. The Bertz CT molecular complexity index is 3650. The molecule has 1 aromatic heterocycles. The quantitative estimate of drug-likeness (QED) is 0.162. The van der Waals surface area contributed by atoms with Gasteiger partial charge < -0.3 is 4.42 Å². The number of furan rings is 1. The van der Waals surface area contributed by atoms with Crippen molar-refractivity contribution in [2.45, 2.75) is 44.9 Å². The summed E-state index contributed by atoms with van der Waals surface area (Å²) in [4.78, 5) is 0. The minimum absolute atomic E-state index is 0.0714. The van der Waals surface area contributed by atoms with E-state index >= 15 is 0 Å². The first kappa shape index (κ1) is 35.5. The predicted octanol–water partition coefficient (Wildman–Crippen LogP) is 17.0. The van der Waals surface area contributed by atoms with Crippen molar-refractivity contribution >= 4 is 54.3 Å². The van der Waals surface area contributed by atoms with Crippen LogP contribution in [0.3, 0.4) is 0 Å². The van der Waals surface area contributed by atoms with Crippen molar-refractivity contribution in [2.75, 3.05) is 0 Å². The van der Waals surface area contributed by atoms with E-state index in [1.54, 1.807) is 0 Å². The van der Waals surface area contributed by atoms with E-state index in [-0.39, 0.29) is 10.8 Å². The molecule has 10 aromatic carbocycles. The van der Waals surface area contributed by atoms with E-state index in [1.165, 1.54) is 121 Å². The van der Waals surface area contributed by atoms with Crippen LogP contribution in [0.2, 0.25) is 0 Å². The molecule has 1 atom stereocenters. The van der Waals surface area contributed by atoms with Crippen LogP contribution in [0.5, 0.6) is 0 Å². The Hall–Kier alpha value is -7.22. The van der Waals surface area contributed by atoms with Gasteiger partial charge in [0.25, 0.3) is 0 Å². The van der Waals surface area contributed by atoms with Crippen LogP contribution >= 0.6 is 0 Å². The third kappa shape index (κ3) is 4.74. The average Bonchev–Trinajstić information content (AvgIpc) is 3.90. The fourth-order valence-corrected chi connectivity index (χ4v) is 11.6. The van der Waals surface area contributed by atoms with Gasteiger partial charge in [0.05, 0.1) is 0 Å². The largest absolute Gasteiger partial charge is 0.455 e. The Morgan fingerprint density at radius 2 is 0.919 bits per heavy atom. The highest BCUT2D eigenvalue weighted by Crippen LogP contribution is 2.55. The minimum atomic E-state index is -0.187. The van der Waals surface area contributed by atoms with Gasteiger partial charge in [-0.25, -0.2) is 0 Å². The Kier molecular flexibility index (Phi) is 7.26. The molecule has 294 valence electrons. The molecule has 0 fully saturated rings. The van der Waals surface area contributed by atoms with Crippen LogP contribution < -0.4 is 0 Å². The van der Waals surface area contributed by atoms with E-state index < -0.39 is 0 Å². The molecule has 0 saturated heterocycles. The monoisotopic (exact) mass is 792 g/mol. The number of hydrogen-bond acceptors (Lipinski definition) is 1. The van der Waals surface area contributed by atoms with Crippen LogP contribution in [0.1, 0.15) is 56.4 Å². The van der Waals surface area contributed by atoms with Gasteiger partial charge >= 0.3 is 0 Å². The Morgan fingerprint density at radius 1 is 0.371 bits per heavy atom. The standard InChI is InChI=1S/C61H44O/c1-5-61(4)52-30-26-37(31-50(52)51-35-49-39(33-55(51)61)24-29-48-43-17-13-14-22-56(43)62-59(48)49)38-23-27-41-42-28-25-40(34-54(42)60(2,3)53(41)32-38)58-46-20-11-9-18-44(46)57(36-15-7-6-8-16-36)45-19-10-12-21-47(45)58/h6-35H,5H2,1-4H3. The summed E-state index contributed by atoms with van der Waals surface area (Å²) in [7, 11) is 0. The molecule has 62 heavy (non-hydrogen) atoms. The van der Waals surface area contributed by atoms with Crippen LogP contribution in [-0.2, 0) is 10.8 Å². The minimum Gasteiger partial charge on any atom is -0.455 e. The summed E-state index contributed by atoms with van der Waals surface area (Å²) >= 11 is 0. The molecule has 13 rings (SSSR count). The van der Waals surface area contributed by atoms with Crippen molar-refractivity contribution in [3.63, 3.8) is 0 Å². The van der Waals surface area contributed by atoms with E-state index in [0.717, 1.165) is 17.6 Å². The van der Waals surface area contributed by atoms with Crippen LogP contribution in [0.25, 0.3) is 110 Å². The molecule has 2 aliphatic rings. The molecule has 0 aliphatic heterocycles. The lowest BCUT2D eigenvalue weighted by Crippen LogP contribution is -2.19. The summed E-state index contributed by atoms with van der Waals surface area (Å²) in [5.74, 6) is 0. The first-order chi connectivity index (χ1) is 30.3. The number of fused-ring (bicyclic) bond motifs is 13. The van der Waals surface area contributed by atoms with Crippen molar-refractivity contribution in [2.24, 2.45) is 0 Å². The third-order valence-electron chi connectivity index (χ3n) is 15.0. The molecule has 1 heteroatoms. The maximum atomic E-state index is 6.57. The first-order valence-corrected chi connectivity index (χ1v) is 22.1. The maximum Gasteiger partial charge on any atom is 0.143 e. The summed E-state index contributed by atoms with van der Waals surface area (Å²) in [6, 6.07) is 68.2. The summed E-state index contributed by atoms with van der Waals surface area (Å²) in [5.41, 5.74) is 20.2. The summed E-state index contributed by atoms with van der Waals surface area (Å²) in [6.45, 7) is 9.58. The Balaban J connectivity index is 0.933. The number of para-hydroxylation sites is 1. The third-order valence-corrected chi connectivity index (χ3v) is 15.0. The predicted molar refractivity (Wildman–Crippen MR) is 262 cm³/mol. The molecule has 1 heterocycles. The van der Waals surface area contributed by atoms with Crippen LogP contribution in [0, 0.1) is 0 Å². The van der Waals surface area contributed by atoms with Gasteiger partial charge in [0, 0.05) is 27.0 Å². The molecule has 11 aromatic rings. The lowest BCUT2D eigenvalue weighted by Gasteiger charge is -2.26. The van der Waals surface area contributed by atoms with E-state index in [2.05, 4.69) is 210 Å². The highest BCUT2D eigenvalue weighted by atomic mass is 16.3. The molecule has 0 spiro atoms. The zero-order valence-corrected chi connectivity index (χ0v) is 35.4. The SMILES string of the molecule is CCC1(C)c2ccc(-c3ccc4c(c3)C(C)(C)c3cc(-c5c6ccccc6c(-c6ccccc6)c6ccccc56)ccc3-4)cc2-c2cc3c(ccc4c5ccccc5oc34)cc21. The molecule has 0 radical (unpaired) electrons. The van der Waals surface area contributed by atoms with Crippen LogP contribution in [-0.4, -0.2) is 0 Å². The van der Waals surface area contributed by atoms with Gasteiger partial charge in [0.15, 0.2) is 0 Å². The zero-order chi connectivity index (χ0) is 41.5. The van der Waals surface area contributed by atoms with E-state index in [0.29, 0.717) is 0 Å². The molecule has 0 saturated carbocycles. The van der Waals surface area contributed by atoms with Gasteiger partial charge in [-0.05, 0) is 154 Å². The first-order valence-electron chi connectivity index (χ1n) is 22.1. The maximum absolute atomic E-state index is 6.57. The summed E-state index contributed by atoms with van der Waals surface area (Å²) in [5, 5.41) is 9.90. The highest BCUT2D eigenvalue weighted by molar-refractivity contribution is 6.21. The number of rotatable bonds is 4. The molecule has 1 unspecified atom stereocenters. The fourth-order valence-electron chi connectivity index (χ4n) is 11.6. The van der Waals surface area contributed by atoms with Gasteiger partial charge in [-0.2, -0.15) is 0 Å². The topological polar surface area (TPSA) is 13.1 Å². The lowest BCUT2D eigenvalue weighted by molar-refractivity contribution is 0.565. The van der Waals surface area contributed by atoms with E-state index in [9.17, 15) is 0 Å². The van der Waals surface area contributed by atoms with Crippen molar-refractivity contribution in [3.8, 4) is 55.6 Å². The van der Waals surface area contributed by atoms with Gasteiger partial charge in [-0.3, -0.25) is 0 Å². The number of benzene rings is 10. The van der Waals surface area contributed by atoms with Crippen LogP contribution in [0.4, 0.5) is 0 Å². The smallest absolute Gasteiger partial charge is 0.143 e. The van der Waals surface area contributed by atoms with Crippen molar-refractivity contribution in [1.82, 2.24) is 0 Å². The fraction of sp³-hybridized carbons (Fsp3) is 0.115. The second-order valence-corrected chi connectivity index (χ2v) is 18.5. The summed E-state index contributed by atoms with van der Waals surface area (Å²) in [6.07, 6.45) is 1.03. The molecule has 1 nitrogen and oxygen atoms in total. The molecular weight excluding hydrogens is 749 g/mol. The van der Waals surface area contributed by atoms with Crippen LogP contribution in [0.15, 0.2) is 186 Å². The Morgan fingerprint density at radius 3 is 1.60 bits per heavy atom. The second kappa shape index (κ2) is 12.7. The molecule has 0 N–H and O–H groups in total. The van der Waals surface area contributed by atoms with Gasteiger partial charge in [0.1, 0.15) is 11.2 Å². The van der Waals surface area contributed by atoms with Crippen molar-refractivity contribution in [1.29, 1.82) is 0 Å². The normalized spacial score (nSPS) is 16.0. The molecule has 2 aliphatic carbocycles. The van der Waals surface area contributed by atoms with E-state index in [4.69, 9.17) is 4.42 Å². The van der Waals surface area contributed by atoms with Gasteiger partial charge in [-0.15, -0.1) is 0 Å². The van der Waals surface area contributed by atoms with Crippen molar-refractivity contribution in [3.05, 3.63) is 204 Å².